The lowest BCUT2D eigenvalue weighted by molar-refractivity contribution is 0.0267. The van der Waals surface area contributed by atoms with Crippen LogP contribution in [0.3, 0.4) is 0 Å². The first-order valence-electron chi connectivity index (χ1n) is 9.32. The molecule has 0 unspecified atom stereocenters. The van der Waals surface area contributed by atoms with E-state index in [0.717, 1.165) is 32.1 Å². The Hall–Kier alpha value is -0.900. The molecule has 3 rings (SSSR count). The summed E-state index contributed by atoms with van der Waals surface area (Å²) in [7, 11) is 0. The van der Waals surface area contributed by atoms with E-state index < -0.39 is 0 Å². The number of nitrogens with zero attached hydrogens (tertiary/aromatic N) is 2. The molecule has 0 bridgehead atoms. The Bertz CT molecular complexity index is 490. The van der Waals surface area contributed by atoms with Crippen LogP contribution in [-0.2, 0) is 6.54 Å². The van der Waals surface area contributed by atoms with Gasteiger partial charge in [0, 0.05) is 44.9 Å². The second-order valence-corrected chi connectivity index (χ2v) is 7.57. The van der Waals surface area contributed by atoms with Gasteiger partial charge in [0.25, 0.3) is 0 Å². The molecule has 1 aromatic rings. The topological polar surface area (TPSA) is 26.7 Å². The first-order chi connectivity index (χ1) is 11.2. The maximum Gasteiger partial charge on any atom is 0.0446 e. The maximum atomic E-state index is 9.48. The maximum absolute atomic E-state index is 9.48. The van der Waals surface area contributed by atoms with Gasteiger partial charge >= 0.3 is 0 Å². The third kappa shape index (κ3) is 4.34. The molecule has 1 aliphatic carbocycles. The van der Waals surface area contributed by atoms with Gasteiger partial charge < -0.3 is 5.11 Å². The summed E-state index contributed by atoms with van der Waals surface area (Å²) >= 11 is 0. The lowest BCUT2D eigenvalue weighted by Crippen LogP contribution is -2.56. The fraction of sp³-hybridized carbons (Fsp3) is 0.700. The standard InChI is InChI=1S/C20H32N2O/c1-16-11-17(2)13-18(12-16)14-21-8-9-22(19-5-3-4-6-19)20(15-21)7-10-23/h11-13,19-20,23H,3-10,14-15H2,1-2H3/t20-/m1/s1. The molecule has 3 nitrogen and oxygen atoms in total. The van der Waals surface area contributed by atoms with E-state index in [9.17, 15) is 5.11 Å². The van der Waals surface area contributed by atoms with Gasteiger partial charge in [0.2, 0.25) is 0 Å². The summed E-state index contributed by atoms with van der Waals surface area (Å²) in [6, 6.07) is 8.18. The molecule has 1 saturated heterocycles. The molecule has 1 aromatic carbocycles. The van der Waals surface area contributed by atoms with Crippen LogP contribution in [0.4, 0.5) is 0 Å². The number of hydrogen-bond acceptors (Lipinski definition) is 3. The van der Waals surface area contributed by atoms with E-state index in [0.29, 0.717) is 12.6 Å². The van der Waals surface area contributed by atoms with Crippen LogP contribution in [0.15, 0.2) is 18.2 Å². The van der Waals surface area contributed by atoms with E-state index >= 15 is 0 Å². The van der Waals surface area contributed by atoms with Gasteiger partial charge in [0.1, 0.15) is 0 Å². The Kier molecular flexibility index (Phi) is 5.73. The predicted octanol–water partition coefficient (Wildman–Crippen LogP) is 3.11. The largest absolute Gasteiger partial charge is 0.396 e. The van der Waals surface area contributed by atoms with E-state index in [1.807, 2.05) is 0 Å². The molecule has 23 heavy (non-hydrogen) atoms. The Labute approximate surface area is 141 Å². The number of hydrogen-bond donors (Lipinski definition) is 1. The molecule has 2 aliphatic rings. The number of aryl methyl sites for hydroxylation is 2. The second kappa shape index (κ2) is 7.78. The molecule has 1 saturated carbocycles. The fourth-order valence-corrected chi connectivity index (χ4v) is 4.62. The monoisotopic (exact) mass is 316 g/mol. The van der Waals surface area contributed by atoms with Gasteiger partial charge in [-0.2, -0.15) is 0 Å². The van der Waals surface area contributed by atoms with Crippen LogP contribution >= 0.6 is 0 Å². The van der Waals surface area contributed by atoms with Gasteiger partial charge in [-0.25, -0.2) is 0 Å². The highest BCUT2D eigenvalue weighted by Gasteiger charge is 2.32. The summed E-state index contributed by atoms with van der Waals surface area (Å²) in [5, 5.41) is 9.48. The molecule has 1 atom stereocenters. The van der Waals surface area contributed by atoms with Crippen molar-refractivity contribution in [2.24, 2.45) is 0 Å². The first kappa shape index (κ1) is 16.9. The zero-order valence-corrected chi connectivity index (χ0v) is 14.8. The molecule has 1 heterocycles. The quantitative estimate of drug-likeness (QED) is 0.904. The zero-order valence-electron chi connectivity index (χ0n) is 14.8. The molecule has 0 radical (unpaired) electrons. The van der Waals surface area contributed by atoms with Crippen molar-refractivity contribution in [3.63, 3.8) is 0 Å². The van der Waals surface area contributed by atoms with E-state index in [1.165, 1.54) is 48.9 Å². The van der Waals surface area contributed by atoms with Crippen molar-refractivity contribution in [2.75, 3.05) is 26.2 Å². The van der Waals surface area contributed by atoms with Crippen LogP contribution in [-0.4, -0.2) is 53.2 Å². The average molecular weight is 316 g/mol. The van der Waals surface area contributed by atoms with Gasteiger partial charge in [-0.15, -0.1) is 0 Å². The van der Waals surface area contributed by atoms with E-state index in [1.54, 1.807) is 0 Å². The van der Waals surface area contributed by atoms with E-state index in [-0.39, 0.29) is 0 Å². The van der Waals surface area contributed by atoms with Crippen LogP contribution in [0, 0.1) is 13.8 Å². The second-order valence-electron chi connectivity index (χ2n) is 7.57. The van der Waals surface area contributed by atoms with Gasteiger partial charge in [-0.1, -0.05) is 42.2 Å². The molecule has 128 valence electrons. The van der Waals surface area contributed by atoms with E-state index in [2.05, 4.69) is 41.8 Å². The van der Waals surface area contributed by atoms with Gasteiger partial charge in [0.05, 0.1) is 0 Å². The number of benzene rings is 1. The number of rotatable bonds is 5. The molecule has 0 spiro atoms. The summed E-state index contributed by atoms with van der Waals surface area (Å²) in [6.07, 6.45) is 6.41. The summed E-state index contributed by atoms with van der Waals surface area (Å²) in [6.45, 7) is 9.15. The SMILES string of the molecule is Cc1cc(C)cc(CN2CCN(C3CCCC3)[C@H](CCO)C2)c1. The molecule has 0 aromatic heterocycles. The highest BCUT2D eigenvalue weighted by Crippen LogP contribution is 2.28. The Morgan fingerprint density at radius 1 is 1.04 bits per heavy atom. The van der Waals surface area contributed by atoms with Gasteiger partial charge in [0.15, 0.2) is 0 Å². The minimum atomic E-state index is 0.311. The molecule has 1 aliphatic heterocycles. The Morgan fingerprint density at radius 3 is 2.39 bits per heavy atom. The lowest BCUT2D eigenvalue weighted by Gasteiger charge is -2.44. The van der Waals surface area contributed by atoms with Crippen LogP contribution in [0.5, 0.6) is 0 Å². The Balaban J connectivity index is 1.64. The number of aliphatic hydroxyl groups is 1. The van der Waals surface area contributed by atoms with Crippen LogP contribution in [0.25, 0.3) is 0 Å². The van der Waals surface area contributed by atoms with Crippen molar-refractivity contribution >= 4 is 0 Å². The average Bonchev–Trinajstić information content (AvgIpc) is 3.01. The summed E-state index contributed by atoms with van der Waals surface area (Å²) < 4.78 is 0. The smallest absolute Gasteiger partial charge is 0.0446 e. The van der Waals surface area contributed by atoms with E-state index in [4.69, 9.17) is 0 Å². The third-order valence-electron chi connectivity index (χ3n) is 5.56. The van der Waals surface area contributed by atoms with Crippen molar-refractivity contribution in [3.05, 3.63) is 34.9 Å². The predicted molar refractivity (Wildman–Crippen MR) is 95.6 cm³/mol. The normalized spacial score (nSPS) is 24.4. The molecule has 2 fully saturated rings. The highest BCUT2D eigenvalue weighted by molar-refractivity contribution is 5.28. The van der Waals surface area contributed by atoms with Gasteiger partial charge in [-0.05, 0) is 38.7 Å². The number of piperazine rings is 1. The molecule has 0 amide bonds. The van der Waals surface area contributed by atoms with Crippen LogP contribution in [0.1, 0.15) is 48.8 Å². The number of aliphatic hydroxyl groups excluding tert-OH is 1. The molecular formula is C20H32N2O. The van der Waals surface area contributed by atoms with Crippen molar-refractivity contribution < 1.29 is 5.11 Å². The van der Waals surface area contributed by atoms with Crippen molar-refractivity contribution in [3.8, 4) is 0 Å². The first-order valence-corrected chi connectivity index (χ1v) is 9.32. The third-order valence-corrected chi connectivity index (χ3v) is 5.56. The minimum Gasteiger partial charge on any atom is -0.396 e. The summed E-state index contributed by atoms with van der Waals surface area (Å²) in [5.41, 5.74) is 4.15. The minimum absolute atomic E-state index is 0.311. The van der Waals surface area contributed by atoms with Crippen LogP contribution < -0.4 is 0 Å². The highest BCUT2D eigenvalue weighted by atomic mass is 16.3. The summed E-state index contributed by atoms with van der Waals surface area (Å²) in [5.74, 6) is 0. The van der Waals surface area contributed by atoms with Crippen molar-refractivity contribution in [1.29, 1.82) is 0 Å². The lowest BCUT2D eigenvalue weighted by atomic mass is 10.0. The van der Waals surface area contributed by atoms with Crippen molar-refractivity contribution in [2.45, 2.75) is 64.6 Å². The molecule has 1 N–H and O–H groups in total. The molecular weight excluding hydrogens is 284 g/mol. The zero-order chi connectivity index (χ0) is 16.2. The summed E-state index contributed by atoms with van der Waals surface area (Å²) in [4.78, 5) is 5.29. The molecule has 3 heteroatoms. The van der Waals surface area contributed by atoms with Crippen molar-refractivity contribution in [1.82, 2.24) is 9.80 Å². The van der Waals surface area contributed by atoms with Crippen LogP contribution in [0.2, 0.25) is 0 Å². The fourth-order valence-electron chi connectivity index (χ4n) is 4.62. The van der Waals surface area contributed by atoms with Gasteiger partial charge in [-0.3, -0.25) is 9.80 Å². The Morgan fingerprint density at radius 2 is 1.74 bits per heavy atom.